The van der Waals surface area contributed by atoms with E-state index in [1.54, 1.807) is 0 Å². The molecule has 4 amide bonds. The summed E-state index contributed by atoms with van der Waals surface area (Å²) >= 11 is 0. The van der Waals surface area contributed by atoms with Crippen molar-refractivity contribution in [1.82, 2.24) is 25.9 Å². The lowest BCUT2D eigenvalue weighted by atomic mass is 10.1. The van der Waals surface area contributed by atoms with Gasteiger partial charge in [0, 0.05) is 24.7 Å². The van der Waals surface area contributed by atoms with Crippen LogP contribution in [0, 0.1) is 0 Å². The number of aliphatic hydroxyl groups excluding tert-OH is 1. The summed E-state index contributed by atoms with van der Waals surface area (Å²) in [5.41, 5.74) is 10.9. The van der Waals surface area contributed by atoms with E-state index in [1.165, 1.54) is 12.5 Å². The summed E-state index contributed by atoms with van der Waals surface area (Å²) in [5.74, 6) is -6.77. The molecule has 188 valence electrons. The van der Waals surface area contributed by atoms with Crippen LogP contribution in [0.4, 0.5) is 0 Å². The number of amides is 4. The molecular weight excluding hydrogens is 458 g/mol. The third-order valence-corrected chi connectivity index (χ3v) is 4.45. The van der Waals surface area contributed by atoms with Gasteiger partial charge < -0.3 is 47.7 Å². The second kappa shape index (κ2) is 13.5. The molecule has 34 heavy (non-hydrogen) atoms. The van der Waals surface area contributed by atoms with Crippen LogP contribution in [0.15, 0.2) is 12.5 Å². The second-order valence-electron chi connectivity index (χ2n) is 7.19. The van der Waals surface area contributed by atoms with Crippen LogP contribution in [-0.2, 0) is 35.2 Å². The Morgan fingerprint density at radius 1 is 0.971 bits per heavy atom. The number of carboxylic acids is 2. The molecule has 0 aliphatic rings. The molecule has 16 heteroatoms. The number of carbonyl (C=O) groups excluding carboxylic acids is 4. The number of aromatic amines is 1. The van der Waals surface area contributed by atoms with Crippen LogP contribution in [-0.4, -0.2) is 91.6 Å². The first-order valence-electron chi connectivity index (χ1n) is 9.92. The summed E-state index contributed by atoms with van der Waals surface area (Å²) in [7, 11) is 0. The van der Waals surface area contributed by atoms with Crippen molar-refractivity contribution in [2.75, 3.05) is 6.61 Å². The van der Waals surface area contributed by atoms with E-state index in [-0.39, 0.29) is 6.42 Å². The maximum atomic E-state index is 12.7. The van der Waals surface area contributed by atoms with Gasteiger partial charge in [-0.05, 0) is 6.42 Å². The van der Waals surface area contributed by atoms with E-state index in [0.29, 0.717) is 5.69 Å². The van der Waals surface area contributed by atoms with E-state index in [1.807, 2.05) is 0 Å². The number of nitrogens with zero attached hydrogens (tertiary/aromatic N) is 1. The van der Waals surface area contributed by atoms with Crippen LogP contribution in [0.1, 0.15) is 25.0 Å². The Balaban J connectivity index is 2.99. The quantitative estimate of drug-likeness (QED) is 0.114. The maximum absolute atomic E-state index is 12.7. The highest BCUT2D eigenvalue weighted by atomic mass is 16.4. The third kappa shape index (κ3) is 9.61. The number of aliphatic carboxylic acids is 2. The van der Waals surface area contributed by atoms with Crippen LogP contribution in [0.3, 0.4) is 0 Å². The second-order valence-corrected chi connectivity index (χ2v) is 7.19. The predicted molar refractivity (Wildman–Crippen MR) is 111 cm³/mol. The molecule has 0 saturated carbocycles. The highest BCUT2D eigenvalue weighted by Gasteiger charge is 2.31. The number of H-pyrrole nitrogens is 1. The predicted octanol–water partition coefficient (Wildman–Crippen LogP) is -4.45. The molecule has 16 nitrogen and oxygen atoms in total. The zero-order valence-electron chi connectivity index (χ0n) is 17.9. The Kier molecular flexibility index (Phi) is 11.1. The van der Waals surface area contributed by atoms with E-state index < -0.39 is 85.6 Å². The molecule has 0 spiro atoms. The number of carboxylic acid groups (broad SMARTS) is 2. The molecule has 1 aromatic heterocycles. The molecule has 0 saturated heterocycles. The number of hydrogen-bond acceptors (Lipinski definition) is 9. The topological polar surface area (TPSA) is 280 Å². The van der Waals surface area contributed by atoms with Gasteiger partial charge in [0.05, 0.1) is 19.4 Å². The summed E-state index contributed by atoms with van der Waals surface area (Å²) in [6.45, 7) is -0.751. The molecule has 11 N–H and O–H groups in total. The number of nitrogens with one attached hydrogen (secondary N) is 4. The Labute approximate surface area is 192 Å². The van der Waals surface area contributed by atoms with Gasteiger partial charge in [-0.2, -0.15) is 0 Å². The Hall–Kier alpha value is -4.05. The van der Waals surface area contributed by atoms with Gasteiger partial charge in [-0.1, -0.05) is 0 Å². The normalized spacial score (nSPS) is 14.2. The first-order valence-corrected chi connectivity index (χ1v) is 9.92. The number of aliphatic hydroxyl groups is 1. The number of rotatable bonds is 15. The molecule has 1 heterocycles. The van der Waals surface area contributed by atoms with Gasteiger partial charge in [-0.3, -0.25) is 24.0 Å². The largest absolute Gasteiger partial charge is 0.481 e. The lowest BCUT2D eigenvalue weighted by Gasteiger charge is -2.24. The van der Waals surface area contributed by atoms with Gasteiger partial charge in [0.2, 0.25) is 23.6 Å². The Bertz CT molecular complexity index is 890. The summed E-state index contributed by atoms with van der Waals surface area (Å²) < 4.78 is 0. The summed E-state index contributed by atoms with van der Waals surface area (Å²) in [6, 6.07) is -5.98. The van der Waals surface area contributed by atoms with Crippen LogP contribution in [0.5, 0.6) is 0 Å². The SMILES string of the molecule is NC(=O)CC(NC(=O)C(CCC(=O)O)NC(=O)C(N)CO)C(=O)NC(Cc1cnc[nH]1)C(=O)O. The lowest BCUT2D eigenvalue weighted by Crippen LogP contribution is -2.58. The van der Waals surface area contributed by atoms with Crippen LogP contribution >= 0.6 is 0 Å². The average molecular weight is 485 g/mol. The van der Waals surface area contributed by atoms with Gasteiger partial charge in [0.25, 0.3) is 0 Å². The minimum atomic E-state index is -1.63. The molecule has 0 aliphatic heterocycles. The van der Waals surface area contributed by atoms with E-state index in [4.69, 9.17) is 21.7 Å². The molecule has 4 unspecified atom stereocenters. The number of aromatic nitrogens is 2. The van der Waals surface area contributed by atoms with Gasteiger partial charge >= 0.3 is 11.9 Å². The fourth-order valence-electron chi connectivity index (χ4n) is 2.67. The standard InChI is InChI=1S/C18H27N7O9/c19-9(6-26)15(30)23-10(1-2-14(28)29)16(31)24-11(4-13(20)27)17(32)25-12(18(33)34)3-8-5-21-7-22-8/h5,7,9-12,26H,1-4,6,19H2,(H2,20,27)(H,21,22)(H,23,30)(H,24,31)(H,25,32)(H,28,29)(H,33,34). The Morgan fingerprint density at radius 2 is 1.56 bits per heavy atom. The number of imidazole rings is 1. The molecule has 0 aromatic carbocycles. The van der Waals surface area contributed by atoms with Crippen molar-refractivity contribution in [3.05, 3.63) is 18.2 Å². The van der Waals surface area contributed by atoms with Crippen molar-refractivity contribution in [2.24, 2.45) is 11.5 Å². The number of nitrogens with two attached hydrogens (primary N) is 2. The van der Waals surface area contributed by atoms with Gasteiger partial charge in [0.15, 0.2) is 0 Å². The van der Waals surface area contributed by atoms with Crippen molar-refractivity contribution >= 4 is 35.6 Å². The smallest absolute Gasteiger partial charge is 0.326 e. The van der Waals surface area contributed by atoms with Gasteiger partial charge in [-0.25, -0.2) is 9.78 Å². The van der Waals surface area contributed by atoms with Gasteiger partial charge in [0.1, 0.15) is 24.2 Å². The fraction of sp³-hybridized carbons (Fsp3) is 0.500. The van der Waals surface area contributed by atoms with Crippen molar-refractivity contribution in [3.63, 3.8) is 0 Å². The first-order chi connectivity index (χ1) is 15.9. The summed E-state index contributed by atoms with van der Waals surface area (Å²) in [4.78, 5) is 77.6. The minimum absolute atomic E-state index is 0.186. The summed E-state index contributed by atoms with van der Waals surface area (Å²) in [6.07, 6.45) is 0.786. The van der Waals surface area contributed by atoms with Crippen molar-refractivity contribution in [3.8, 4) is 0 Å². The number of carbonyl (C=O) groups is 6. The van der Waals surface area contributed by atoms with Crippen molar-refractivity contribution < 1.29 is 44.1 Å². The van der Waals surface area contributed by atoms with E-state index >= 15 is 0 Å². The molecule has 1 rings (SSSR count). The van der Waals surface area contributed by atoms with Crippen LogP contribution < -0.4 is 27.4 Å². The number of primary amides is 1. The summed E-state index contributed by atoms with van der Waals surface area (Å²) in [5, 5.41) is 33.7. The van der Waals surface area contributed by atoms with Crippen LogP contribution in [0.25, 0.3) is 0 Å². The molecule has 4 atom stereocenters. The Morgan fingerprint density at radius 3 is 2.06 bits per heavy atom. The van der Waals surface area contributed by atoms with Gasteiger partial charge in [-0.15, -0.1) is 0 Å². The average Bonchev–Trinajstić information content (AvgIpc) is 3.27. The highest BCUT2D eigenvalue weighted by molar-refractivity contribution is 5.96. The molecule has 0 bridgehead atoms. The van der Waals surface area contributed by atoms with E-state index in [2.05, 4.69) is 25.9 Å². The third-order valence-electron chi connectivity index (χ3n) is 4.45. The first kappa shape index (κ1) is 28.0. The van der Waals surface area contributed by atoms with Crippen molar-refractivity contribution in [2.45, 2.75) is 49.9 Å². The molecule has 0 fully saturated rings. The van der Waals surface area contributed by atoms with E-state index in [0.717, 1.165) is 0 Å². The van der Waals surface area contributed by atoms with E-state index in [9.17, 15) is 33.9 Å². The van der Waals surface area contributed by atoms with Crippen molar-refractivity contribution in [1.29, 1.82) is 0 Å². The fourth-order valence-corrected chi connectivity index (χ4v) is 2.67. The number of hydrogen-bond donors (Lipinski definition) is 9. The zero-order chi connectivity index (χ0) is 25.8. The zero-order valence-corrected chi connectivity index (χ0v) is 17.9. The lowest BCUT2D eigenvalue weighted by molar-refractivity contribution is -0.142. The molecule has 0 aliphatic carbocycles. The highest BCUT2D eigenvalue weighted by Crippen LogP contribution is 2.04. The van der Waals surface area contributed by atoms with Crippen LogP contribution in [0.2, 0.25) is 0 Å². The maximum Gasteiger partial charge on any atom is 0.326 e. The molecule has 1 aromatic rings. The molecular formula is C18H27N7O9. The minimum Gasteiger partial charge on any atom is -0.481 e. The monoisotopic (exact) mass is 485 g/mol. The molecule has 0 radical (unpaired) electrons.